The van der Waals surface area contributed by atoms with Crippen LogP contribution in [0, 0.1) is 6.92 Å². The molecule has 0 aliphatic heterocycles. The summed E-state index contributed by atoms with van der Waals surface area (Å²) >= 11 is 0. The Kier molecular flexibility index (Phi) is 2.82. The summed E-state index contributed by atoms with van der Waals surface area (Å²) in [6, 6.07) is 9.03. The smallest absolute Gasteiger partial charge is 0.289 e. The predicted molar refractivity (Wildman–Crippen MR) is 74.3 cm³/mol. The van der Waals surface area contributed by atoms with E-state index in [1.807, 2.05) is 0 Å². The number of carbonyl (C=O) groups excluding carboxylic acids is 2. The molecule has 5 nitrogen and oxygen atoms in total. The van der Waals surface area contributed by atoms with E-state index in [9.17, 15) is 22.6 Å². The Morgan fingerprint density at radius 3 is 2.00 bits per heavy atom. The molecule has 0 aromatic heterocycles. The first kappa shape index (κ1) is 13.7. The molecule has 0 atom stereocenters. The van der Waals surface area contributed by atoms with Gasteiger partial charge in [-0.1, -0.05) is 30.3 Å². The molecule has 3 rings (SSSR count). The second-order valence-corrected chi connectivity index (χ2v) is 6.17. The average molecular weight is 302 g/mol. The fourth-order valence-corrected chi connectivity index (χ4v) is 3.53. The van der Waals surface area contributed by atoms with E-state index in [0.717, 1.165) is 0 Å². The van der Waals surface area contributed by atoms with Gasteiger partial charge in [0, 0.05) is 16.7 Å². The second-order valence-electron chi connectivity index (χ2n) is 4.81. The fourth-order valence-electron chi connectivity index (χ4n) is 2.59. The number of rotatable bonds is 1. The van der Waals surface area contributed by atoms with Crippen LogP contribution in [0.25, 0.3) is 0 Å². The van der Waals surface area contributed by atoms with Crippen molar-refractivity contribution in [2.45, 2.75) is 11.8 Å². The lowest BCUT2D eigenvalue weighted by molar-refractivity contribution is 0.0976. The first-order valence-corrected chi connectivity index (χ1v) is 7.56. The number of hydrogen-bond donors (Lipinski definition) is 1. The minimum Gasteiger partial charge on any atom is -0.289 e. The van der Waals surface area contributed by atoms with Crippen molar-refractivity contribution < 1.29 is 22.6 Å². The van der Waals surface area contributed by atoms with E-state index in [1.165, 1.54) is 31.2 Å². The summed E-state index contributed by atoms with van der Waals surface area (Å²) in [5.74, 6) is -0.998. The minimum atomic E-state index is -4.61. The van der Waals surface area contributed by atoms with Gasteiger partial charge in [-0.15, -0.1) is 0 Å². The molecule has 0 heterocycles. The van der Waals surface area contributed by atoms with Crippen LogP contribution in [0.3, 0.4) is 0 Å². The van der Waals surface area contributed by atoms with Gasteiger partial charge in [-0.2, -0.15) is 8.42 Å². The van der Waals surface area contributed by atoms with Crippen molar-refractivity contribution in [1.82, 2.24) is 0 Å². The van der Waals surface area contributed by atoms with Crippen molar-refractivity contribution in [1.29, 1.82) is 0 Å². The summed E-state index contributed by atoms with van der Waals surface area (Å²) in [5, 5.41) is 0. The van der Waals surface area contributed by atoms with E-state index in [1.54, 1.807) is 12.1 Å². The van der Waals surface area contributed by atoms with Gasteiger partial charge >= 0.3 is 0 Å². The van der Waals surface area contributed by atoms with Gasteiger partial charge in [-0.05, 0) is 18.6 Å². The highest BCUT2D eigenvalue weighted by atomic mass is 32.2. The molecular formula is C15H10O5S. The van der Waals surface area contributed by atoms with Crippen LogP contribution in [0.1, 0.15) is 37.4 Å². The number of aryl methyl sites for hydroxylation is 1. The third-order valence-electron chi connectivity index (χ3n) is 3.50. The molecular weight excluding hydrogens is 292 g/mol. The molecule has 1 aliphatic rings. The van der Waals surface area contributed by atoms with Crippen LogP contribution < -0.4 is 0 Å². The molecule has 21 heavy (non-hydrogen) atoms. The maximum Gasteiger partial charge on any atom is 0.295 e. The van der Waals surface area contributed by atoms with Crippen LogP contribution in [0.4, 0.5) is 0 Å². The minimum absolute atomic E-state index is 0.00285. The highest BCUT2D eigenvalue weighted by Crippen LogP contribution is 2.33. The number of hydrogen-bond acceptors (Lipinski definition) is 4. The van der Waals surface area contributed by atoms with Crippen molar-refractivity contribution in [3.05, 3.63) is 64.2 Å². The van der Waals surface area contributed by atoms with Crippen LogP contribution >= 0.6 is 0 Å². The molecule has 0 saturated heterocycles. The molecule has 0 radical (unpaired) electrons. The number of ketones is 2. The maximum absolute atomic E-state index is 12.5. The normalized spacial score (nSPS) is 13.8. The van der Waals surface area contributed by atoms with Crippen molar-refractivity contribution >= 4 is 21.7 Å². The summed E-state index contributed by atoms with van der Waals surface area (Å²) in [5.41, 5.74) is 0.348. The number of carbonyl (C=O) groups is 2. The van der Waals surface area contributed by atoms with Gasteiger partial charge in [0.05, 0.1) is 5.56 Å². The Hall–Kier alpha value is -2.31. The number of fused-ring (bicyclic) bond motifs is 2. The molecule has 0 spiro atoms. The maximum atomic E-state index is 12.5. The van der Waals surface area contributed by atoms with E-state index in [4.69, 9.17) is 0 Å². The van der Waals surface area contributed by atoms with E-state index in [2.05, 4.69) is 0 Å². The Morgan fingerprint density at radius 2 is 1.43 bits per heavy atom. The van der Waals surface area contributed by atoms with E-state index < -0.39 is 26.6 Å². The summed E-state index contributed by atoms with van der Waals surface area (Å²) in [7, 11) is -4.61. The Balaban J connectivity index is 2.45. The van der Waals surface area contributed by atoms with Gasteiger partial charge < -0.3 is 0 Å². The quantitative estimate of drug-likeness (QED) is 0.695. The lowest BCUT2D eigenvalue weighted by Gasteiger charge is -2.20. The molecule has 0 bridgehead atoms. The summed E-state index contributed by atoms with van der Waals surface area (Å²) in [4.78, 5) is 24.5. The van der Waals surface area contributed by atoms with Gasteiger partial charge in [0.1, 0.15) is 4.90 Å². The van der Waals surface area contributed by atoms with Gasteiger partial charge in [0.2, 0.25) is 0 Å². The standard InChI is InChI=1S/C15H10O5S/c1-8-6-7-11-12(15(8)21(18,19)20)14(17)10-5-3-2-4-9(10)13(11)16/h2-7H,1H3,(H,18,19,20). The zero-order valence-electron chi connectivity index (χ0n) is 11.0. The van der Waals surface area contributed by atoms with Crippen LogP contribution in [0.15, 0.2) is 41.3 Å². The van der Waals surface area contributed by atoms with E-state index in [-0.39, 0.29) is 27.8 Å². The van der Waals surface area contributed by atoms with Crippen LogP contribution in [-0.2, 0) is 10.1 Å². The molecule has 1 N–H and O–H groups in total. The largest absolute Gasteiger partial charge is 0.295 e. The average Bonchev–Trinajstić information content (AvgIpc) is 2.43. The summed E-state index contributed by atoms with van der Waals surface area (Å²) in [6.45, 7) is 1.46. The molecule has 6 heteroatoms. The third kappa shape index (κ3) is 1.91. The molecule has 106 valence electrons. The van der Waals surface area contributed by atoms with E-state index >= 15 is 0 Å². The van der Waals surface area contributed by atoms with Crippen molar-refractivity contribution in [3.63, 3.8) is 0 Å². The molecule has 0 fully saturated rings. The monoisotopic (exact) mass is 302 g/mol. The van der Waals surface area contributed by atoms with Crippen LogP contribution in [0.5, 0.6) is 0 Å². The second kappa shape index (κ2) is 4.34. The zero-order valence-corrected chi connectivity index (χ0v) is 11.8. The SMILES string of the molecule is Cc1ccc2c(c1S(=O)(=O)O)C(=O)c1ccccc1C2=O. The molecule has 1 aliphatic carbocycles. The first-order chi connectivity index (χ1) is 9.82. The van der Waals surface area contributed by atoms with Gasteiger partial charge in [0.15, 0.2) is 11.6 Å². The predicted octanol–water partition coefficient (Wildman–Crippen LogP) is 2.02. The molecule has 2 aromatic carbocycles. The topological polar surface area (TPSA) is 88.5 Å². The Bertz CT molecular complexity index is 910. The van der Waals surface area contributed by atoms with Crippen molar-refractivity contribution in [2.75, 3.05) is 0 Å². The molecule has 0 saturated carbocycles. The van der Waals surface area contributed by atoms with E-state index in [0.29, 0.717) is 0 Å². The highest BCUT2D eigenvalue weighted by Gasteiger charge is 2.35. The fraction of sp³-hybridized carbons (Fsp3) is 0.0667. The lowest BCUT2D eigenvalue weighted by Crippen LogP contribution is -2.24. The van der Waals surface area contributed by atoms with Gasteiger partial charge in [-0.25, -0.2) is 0 Å². The summed E-state index contributed by atoms with van der Waals surface area (Å²) in [6.07, 6.45) is 0. The third-order valence-corrected chi connectivity index (χ3v) is 4.54. The van der Waals surface area contributed by atoms with Crippen LogP contribution in [0.2, 0.25) is 0 Å². The Morgan fingerprint density at radius 1 is 0.857 bits per heavy atom. The lowest BCUT2D eigenvalue weighted by atomic mass is 9.83. The molecule has 0 amide bonds. The van der Waals surface area contributed by atoms with Gasteiger partial charge in [-0.3, -0.25) is 14.1 Å². The zero-order chi connectivity index (χ0) is 15.4. The molecule has 2 aromatic rings. The van der Waals surface area contributed by atoms with Crippen LogP contribution in [-0.4, -0.2) is 24.5 Å². The summed E-state index contributed by atoms with van der Waals surface area (Å²) < 4.78 is 32.6. The van der Waals surface area contributed by atoms with Crippen molar-refractivity contribution in [2.24, 2.45) is 0 Å². The van der Waals surface area contributed by atoms with Crippen molar-refractivity contribution in [3.8, 4) is 0 Å². The highest BCUT2D eigenvalue weighted by molar-refractivity contribution is 7.86. The Labute approximate surface area is 121 Å². The first-order valence-electron chi connectivity index (χ1n) is 6.12. The number of benzene rings is 2. The molecule has 0 unspecified atom stereocenters. The van der Waals surface area contributed by atoms with Gasteiger partial charge in [0.25, 0.3) is 10.1 Å².